The third-order valence-corrected chi connectivity index (χ3v) is 2.97. The minimum Gasteiger partial charge on any atom is -0.352 e. The van der Waals surface area contributed by atoms with Crippen molar-refractivity contribution in [3.63, 3.8) is 0 Å². The van der Waals surface area contributed by atoms with E-state index in [4.69, 9.17) is 5.73 Å². The van der Waals surface area contributed by atoms with Crippen LogP contribution in [0.25, 0.3) is 0 Å². The molecule has 1 aromatic rings. The van der Waals surface area contributed by atoms with Gasteiger partial charge in [-0.3, -0.25) is 4.79 Å². The molecule has 0 heterocycles. The number of carbonyl (C=O) groups is 1. The highest BCUT2D eigenvalue weighted by Gasteiger charge is 2.13. The van der Waals surface area contributed by atoms with E-state index in [0.717, 1.165) is 0 Å². The van der Waals surface area contributed by atoms with E-state index < -0.39 is 0 Å². The molecule has 0 aliphatic heterocycles. The molecule has 0 bridgehead atoms. The molecule has 0 saturated heterocycles. The quantitative estimate of drug-likeness (QED) is 0.841. The van der Waals surface area contributed by atoms with Crippen molar-refractivity contribution >= 4 is 5.91 Å². The molecule has 0 aromatic heterocycles. The van der Waals surface area contributed by atoms with Crippen LogP contribution in [-0.2, 0) is 11.3 Å². The summed E-state index contributed by atoms with van der Waals surface area (Å²) in [5.41, 5.74) is 9.20. The molecule has 0 unspecified atom stereocenters. The van der Waals surface area contributed by atoms with E-state index in [1.165, 1.54) is 16.7 Å². The number of nitrogens with one attached hydrogen (secondary N) is 1. The lowest BCUT2D eigenvalue weighted by atomic mass is 10.00. The van der Waals surface area contributed by atoms with Crippen molar-refractivity contribution in [2.24, 2.45) is 5.73 Å². The van der Waals surface area contributed by atoms with Gasteiger partial charge in [0.25, 0.3) is 0 Å². The summed E-state index contributed by atoms with van der Waals surface area (Å²) in [4.78, 5) is 11.7. The first-order valence-corrected chi connectivity index (χ1v) is 6.40. The predicted octanol–water partition coefficient (Wildman–Crippen LogP) is 2.44. The smallest absolute Gasteiger partial charge is 0.220 e. The lowest BCUT2D eigenvalue weighted by Crippen LogP contribution is -2.34. The second-order valence-electron chi connectivity index (χ2n) is 5.70. The van der Waals surface area contributed by atoms with Gasteiger partial charge in [-0.2, -0.15) is 0 Å². The van der Waals surface area contributed by atoms with Gasteiger partial charge in [-0.1, -0.05) is 23.8 Å². The largest absolute Gasteiger partial charge is 0.352 e. The Morgan fingerprint density at radius 2 is 2.00 bits per heavy atom. The van der Waals surface area contributed by atoms with Crippen LogP contribution in [0.4, 0.5) is 0 Å². The van der Waals surface area contributed by atoms with Crippen molar-refractivity contribution in [2.75, 3.05) is 0 Å². The summed E-state index contributed by atoms with van der Waals surface area (Å²) in [6.45, 7) is 8.60. The normalized spacial score (nSPS) is 11.4. The molecule has 3 heteroatoms. The maximum Gasteiger partial charge on any atom is 0.220 e. The number of rotatable bonds is 5. The molecule has 18 heavy (non-hydrogen) atoms. The van der Waals surface area contributed by atoms with Crippen LogP contribution in [0.15, 0.2) is 18.2 Å². The van der Waals surface area contributed by atoms with Crippen molar-refractivity contribution in [3.05, 3.63) is 34.9 Å². The van der Waals surface area contributed by atoms with Gasteiger partial charge in [0.05, 0.1) is 0 Å². The van der Waals surface area contributed by atoms with Crippen LogP contribution in [0.2, 0.25) is 0 Å². The maximum absolute atomic E-state index is 11.7. The fourth-order valence-corrected chi connectivity index (χ4v) is 1.76. The van der Waals surface area contributed by atoms with Crippen LogP contribution in [0.1, 0.15) is 43.4 Å². The number of hydrogen-bond acceptors (Lipinski definition) is 2. The average molecular weight is 248 g/mol. The molecule has 0 radical (unpaired) electrons. The molecule has 0 fully saturated rings. The Hall–Kier alpha value is -1.35. The Morgan fingerprint density at radius 1 is 1.33 bits per heavy atom. The molecule has 1 amide bonds. The number of nitrogens with two attached hydrogens (primary N) is 1. The van der Waals surface area contributed by atoms with Crippen LogP contribution in [0.3, 0.4) is 0 Å². The Balaban J connectivity index is 2.43. The van der Waals surface area contributed by atoms with E-state index in [-0.39, 0.29) is 11.4 Å². The lowest BCUT2D eigenvalue weighted by molar-refractivity contribution is -0.121. The van der Waals surface area contributed by atoms with Crippen LogP contribution in [0, 0.1) is 13.8 Å². The summed E-state index contributed by atoms with van der Waals surface area (Å²) in [6, 6.07) is 6.26. The summed E-state index contributed by atoms with van der Waals surface area (Å²) < 4.78 is 0. The molecule has 100 valence electrons. The molecule has 0 atom stereocenters. The molecule has 0 saturated carbocycles. The highest BCUT2D eigenvalue weighted by molar-refractivity contribution is 5.76. The van der Waals surface area contributed by atoms with E-state index in [9.17, 15) is 4.79 Å². The molecule has 3 N–H and O–H groups in total. The van der Waals surface area contributed by atoms with Gasteiger partial charge in [-0.25, -0.2) is 0 Å². The maximum atomic E-state index is 11.7. The van der Waals surface area contributed by atoms with E-state index in [0.29, 0.717) is 19.4 Å². The first-order chi connectivity index (χ1) is 8.28. The summed E-state index contributed by atoms with van der Waals surface area (Å²) in [5, 5.41) is 2.94. The van der Waals surface area contributed by atoms with E-state index in [2.05, 4.69) is 37.4 Å². The number of benzene rings is 1. The first-order valence-electron chi connectivity index (χ1n) is 6.40. The highest BCUT2D eigenvalue weighted by atomic mass is 16.1. The number of carbonyl (C=O) groups excluding carboxylic acids is 1. The molecular formula is C15H24N2O. The fraction of sp³-hybridized carbons (Fsp3) is 0.533. The van der Waals surface area contributed by atoms with Gasteiger partial charge in [0.1, 0.15) is 0 Å². The van der Waals surface area contributed by atoms with E-state index in [1.807, 2.05) is 13.8 Å². The molecule has 3 nitrogen and oxygen atoms in total. The van der Waals surface area contributed by atoms with Gasteiger partial charge < -0.3 is 11.1 Å². The Morgan fingerprint density at radius 3 is 2.56 bits per heavy atom. The standard InChI is InChI=1S/C15H24N2O/c1-11-5-6-13(12(2)9-11)10-17-14(18)7-8-15(3,4)16/h5-6,9H,7-8,10,16H2,1-4H3,(H,17,18). The molecule has 0 aliphatic rings. The zero-order valence-electron chi connectivity index (χ0n) is 11.8. The number of hydrogen-bond donors (Lipinski definition) is 2. The van der Waals surface area contributed by atoms with Crippen LogP contribution >= 0.6 is 0 Å². The molecule has 1 aromatic carbocycles. The Kier molecular flexibility index (Phi) is 4.91. The Bertz CT molecular complexity index is 419. The van der Waals surface area contributed by atoms with Gasteiger partial charge in [0.15, 0.2) is 0 Å². The van der Waals surface area contributed by atoms with Gasteiger partial charge in [0, 0.05) is 18.5 Å². The third kappa shape index (κ3) is 5.32. The summed E-state index contributed by atoms with van der Waals surface area (Å²) in [7, 11) is 0. The topological polar surface area (TPSA) is 55.1 Å². The molecule has 1 rings (SSSR count). The van der Waals surface area contributed by atoms with Gasteiger partial charge in [0.2, 0.25) is 5.91 Å². The Labute approximate surface area is 110 Å². The van der Waals surface area contributed by atoms with Crippen LogP contribution in [-0.4, -0.2) is 11.4 Å². The fourth-order valence-electron chi connectivity index (χ4n) is 1.76. The van der Waals surface area contributed by atoms with Crippen molar-refractivity contribution in [2.45, 2.75) is 52.6 Å². The molecular weight excluding hydrogens is 224 g/mol. The third-order valence-electron chi connectivity index (χ3n) is 2.97. The van der Waals surface area contributed by atoms with Crippen molar-refractivity contribution in [3.8, 4) is 0 Å². The summed E-state index contributed by atoms with van der Waals surface area (Å²) in [6.07, 6.45) is 1.18. The minimum absolute atomic E-state index is 0.0634. The second kappa shape index (κ2) is 6.01. The zero-order valence-corrected chi connectivity index (χ0v) is 11.8. The predicted molar refractivity (Wildman–Crippen MR) is 75.3 cm³/mol. The van der Waals surface area contributed by atoms with Crippen molar-refractivity contribution in [1.29, 1.82) is 0 Å². The van der Waals surface area contributed by atoms with Crippen LogP contribution < -0.4 is 11.1 Å². The highest BCUT2D eigenvalue weighted by Crippen LogP contribution is 2.11. The van der Waals surface area contributed by atoms with Crippen molar-refractivity contribution < 1.29 is 4.79 Å². The van der Waals surface area contributed by atoms with E-state index >= 15 is 0 Å². The molecule has 0 spiro atoms. The van der Waals surface area contributed by atoms with Crippen LogP contribution in [0.5, 0.6) is 0 Å². The number of aryl methyl sites for hydroxylation is 2. The zero-order chi connectivity index (χ0) is 13.8. The first kappa shape index (κ1) is 14.7. The van der Waals surface area contributed by atoms with E-state index in [1.54, 1.807) is 0 Å². The SMILES string of the molecule is Cc1ccc(CNC(=O)CCC(C)(C)N)c(C)c1. The van der Waals surface area contributed by atoms with Gasteiger partial charge in [-0.15, -0.1) is 0 Å². The van der Waals surface area contributed by atoms with Crippen molar-refractivity contribution in [1.82, 2.24) is 5.32 Å². The van der Waals surface area contributed by atoms with Gasteiger partial charge in [-0.05, 0) is 45.2 Å². The summed E-state index contributed by atoms with van der Waals surface area (Å²) >= 11 is 0. The summed E-state index contributed by atoms with van der Waals surface area (Å²) in [5.74, 6) is 0.0634. The lowest BCUT2D eigenvalue weighted by Gasteiger charge is -2.17. The second-order valence-corrected chi connectivity index (χ2v) is 5.70. The number of amides is 1. The average Bonchev–Trinajstić information content (AvgIpc) is 2.24. The molecule has 0 aliphatic carbocycles. The van der Waals surface area contributed by atoms with Gasteiger partial charge >= 0.3 is 0 Å². The monoisotopic (exact) mass is 248 g/mol. The minimum atomic E-state index is -0.281.